The van der Waals surface area contributed by atoms with Crippen molar-refractivity contribution >= 4 is 23.2 Å². The van der Waals surface area contributed by atoms with Gasteiger partial charge in [-0.3, -0.25) is 9.78 Å². The van der Waals surface area contributed by atoms with Gasteiger partial charge in [0.1, 0.15) is 0 Å². The second kappa shape index (κ2) is 4.60. The van der Waals surface area contributed by atoms with E-state index in [2.05, 4.69) is 18.8 Å². The Bertz CT molecular complexity index is 667. The number of anilines is 1. The predicted molar refractivity (Wildman–Crippen MR) is 80.4 cm³/mol. The van der Waals surface area contributed by atoms with E-state index in [1.165, 1.54) is 0 Å². The third-order valence-corrected chi connectivity index (χ3v) is 3.93. The molecular weight excluding hydrogens is 272 g/mol. The van der Waals surface area contributed by atoms with Crippen molar-refractivity contribution in [3.8, 4) is 0 Å². The molecule has 1 aliphatic heterocycles. The van der Waals surface area contributed by atoms with Crippen molar-refractivity contribution in [1.29, 1.82) is 0 Å². The van der Waals surface area contributed by atoms with Crippen molar-refractivity contribution in [1.82, 2.24) is 4.98 Å². The monoisotopic (exact) mass is 286 g/mol. The van der Waals surface area contributed by atoms with Gasteiger partial charge in [0.05, 0.1) is 11.9 Å². The van der Waals surface area contributed by atoms with Gasteiger partial charge in [-0.15, -0.1) is 0 Å². The summed E-state index contributed by atoms with van der Waals surface area (Å²) in [5.74, 6) is 0.00370. The highest BCUT2D eigenvalue weighted by Crippen LogP contribution is 2.36. The van der Waals surface area contributed by atoms with Gasteiger partial charge in [-0.2, -0.15) is 0 Å². The van der Waals surface area contributed by atoms with Crippen LogP contribution in [0.4, 0.5) is 5.69 Å². The minimum absolute atomic E-state index is 0.00370. The molecule has 1 aromatic carbocycles. The van der Waals surface area contributed by atoms with Gasteiger partial charge < -0.3 is 4.90 Å². The summed E-state index contributed by atoms with van der Waals surface area (Å²) in [6.45, 7) is 4.86. The fraction of sp³-hybridized carbons (Fsp3) is 0.250. The summed E-state index contributed by atoms with van der Waals surface area (Å²) < 4.78 is 0. The SMILES string of the molecule is CC1(C)CN(c2cccnc2)C(=O)c2ccc(Cl)cc21. The molecule has 0 aliphatic carbocycles. The molecule has 102 valence electrons. The number of nitrogens with zero attached hydrogens (tertiary/aromatic N) is 2. The molecule has 1 aromatic heterocycles. The van der Waals surface area contributed by atoms with E-state index in [1.807, 2.05) is 24.3 Å². The zero-order valence-corrected chi connectivity index (χ0v) is 12.2. The number of rotatable bonds is 1. The molecule has 0 fully saturated rings. The first-order chi connectivity index (χ1) is 9.49. The predicted octanol–water partition coefficient (Wildman–Crippen LogP) is 3.67. The van der Waals surface area contributed by atoms with E-state index < -0.39 is 0 Å². The number of carbonyl (C=O) groups is 1. The van der Waals surface area contributed by atoms with E-state index in [0.29, 0.717) is 11.6 Å². The van der Waals surface area contributed by atoms with Crippen LogP contribution in [0.2, 0.25) is 5.02 Å². The van der Waals surface area contributed by atoms with E-state index in [9.17, 15) is 4.79 Å². The molecular formula is C16H15ClN2O. The summed E-state index contributed by atoms with van der Waals surface area (Å²) in [5.41, 5.74) is 2.40. The van der Waals surface area contributed by atoms with E-state index >= 15 is 0 Å². The van der Waals surface area contributed by atoms with Crippen LogP contribution in [0.3, 0.4) is 0 Å². The minimum atomic E-state index is -0.149. The molecule has 0 radical (unpaired) electrons. The Morgan fingerprint density at radius 2 is 2.10 bits per heavy atom. The maximum atomic E-state index is 12.7. The number of carbonyl (C=O) groups excluding carboxylic acids is 1. The highest BCUT2D eigenvalue weighted by molar-refractivity contribution is 6.30. The molecule has 20 heavy (non-hydrogen) atoms. The molecule has 0 spiro atoms. The Labute approximate surface area is 123 Å². The Balaban J connectivity index is 2.12. The van der Waals surface area contributed by atoms with Crippen molar-refractivity contribution in [2.45, 2.75) is 19.3 Å². The molecule has 1 aliphatic rings. The third-order valence-electron chi connectivity index (χ3n) is 3.70. The van der Waals surface area contributed by atoms with Gasteiger partial charge >= 0.3 is 0 Å². The summed E-state index contributed by atoms with van der Waals surface area (Å²) >= 11 is 6.07. The van der Waals surface area contributed by atoms with Gasteiger partial charge in [0, 0.05) is 28.7 Å². The van der Waals surface area contributed by atoms with Crippen LogP contribution in [0.5, 0.6) is 0 Å². The molecule has 0 N–H and O–H groups in total. The van der Waals surface area contributed by atoms with Gasteiger partial charge in [0.25, 0.3) is 5.91 Å². The lowest BCUT2D eigenvalue weighted by Crippen LogP contribution is -2.47. The summed E-state index contributed by atoms with van der Waals surface area (Å²) in [7, 11) is 0. The Kier molecular flexibility index (Phi) is 3.02. The van der Waals surface area contributed by atoms with Crippen LogP contribution >= 0.6 is 11.6 Å². The lowest BCUT2D eigenvalue weighted by atomic mass is 9.78. The van der Waals surface area contributed by atoms with Gasteiger partial charge in [0.2, 0.25) is 0 Å². The fourth-order valence-corrected chi connectivity index (χ4v) is 2.85. The number of amides is 1. The van der Waals surface area contributed by atoms with Gasteiger partial charge in [-0.1, -0.05) is 25.4 Å². The summed E-state index contributed by atoms with van der Waals surface area (Å²) in [5, 5.41) is 0.666. The maximum absolute atomic E-state index is 12.7. The highest BCUT2D eigenvalue weighted by Gasteiger charge is 2.37. The molecule has 0 bridgehead atoms. The number of halogens is 1. The maximum Gasteiger partial charge on any atom is 0.258 e. The van der Waals surface area contributed by atoms with Gasteiger partial charge in [-0.05, 0) is 35.9 Å². The van der Waals surface area contributed by atoms with Crippen molar-refractivity contribution in [3.05, 3.63) is 58.9 Å². The molecule has 2 heterocycles. The normalized spacial score (nSPS) is 16.9. The standard InChI is InChI=1S/C16H15ClN2O/c1-16(2)10-19(12-4-3-7-18-9-12)15(20)13-6-5-11(17)8-14(13)16/h3-9H,10H2,1-2H3. The number of benzene rings is 1. The summed E-state index contributed by atoms with van der Waals surface area (Å²) in [6.07, 6.45) is 3.42. The van der Waals surface area contributed by atoms with Crippen LogP contribution in [-0.2, 0) is 5.41 Å². The molecule has 2 aromatic rings. The molecule has 0 unspecified atom stereocenters. The molecule has 3 rings (SSSR count). The second-order valence-electron chi connectivity index (χ2n) is 5.68. The van der Waals surface area contributed by atoms with Crippen LogP contribution in [0.25, 0.3) is 0 Å². The number of pyridine rings is 1. The average molecular weight is 287 g/mol. The van der Waals surface area contributed by atoms with Crippen molar-refractivity contribution < 1.29 is 4.79 Å². The highest BCUT2D eigenvalue weighted by atomic mass is 35.5. The van der Waals surface area contributed by atoms with Gasteiger partial charge in [0.15, 0.2) is 0 Å². The van der Waals surface area contributed by atoms with E-state index in [1.54, 1.807) is 23.4 Å². The molecule has 0 saturated carbocycles. The lowest BCUT2D eigenvalue weighted by Gasteiger charge is -2.39. The third kappa shape index (κ3) is 2.08. The van der Waals surface area contributed by atoms with E-state index in [0.717, 1.165) is 16.8 Å². The van der Waals surface area contributed by atoms with Crippen LogP contribution in [-0.4, -0.2) is 17.4 Å². The Morgan fingerprint density at radius 3 is 2.80 bits per heavy atom. The first-order valence-corrected chi connectivity index (χ1v) is 6.89. The summed E-state index contributed by atoms with van der Waals surface area (Å²) in [4.78, 5) is 18.5. The fourth-order valence-electron chi connectivity index (χ4n) is 2.68. The largest absolute Gasteiger partial charge is 0.306 e. The van der Waals surface area contributed by atoms with Crippen molar-refractivity contribution in [2.75, 3.05) is 11.4 Å². The zero-order chi connectivity index (χ0) is 14.3. The molecule has 4 heteroatoms. The molecule has 0 saturated heterocycles. The van der Waals surface area contributed by atoms with Crippen molar-refractivity contribution in [3.63, 3.8) is 0 Å². The van der Waals surface area contributed by atoms with E-state index in [-0.39, 0.29) is 11.3 Å². The van der Waals surface area contributed by atoms with Crippen LogP contribution in [0.1, 0.15) is 29.8 Å². The Hall–Kier alpha value is -1.87. The smallest absolute Gasteiger partial charge is 0.258 e. The molecule has 0 atom stereocenters. The molecule has 3 nitrogen and oxygen atoms in total. The number of fused-ring (bicyclic) bond motifs is 1. The van der Waals surface area contributed by atoms with Crippen LogP contribution < -0.4 is 4.90 Å². The number of hydrogen-bond acceptors (Lipinski definition) is 2. The van der Waals surface area contributed by atoms with Gasteiger partial charge in [-0.25, -0.2) is 0 Å². The topological polar surface area (TPSA) is 33.2 Å². The lowest BCUT2D eigenvalue weighted by molar-refractivity contribution is 0.0969. The average Bonchev–Trinajstić information content (AvgIpc) is 2.44. The van der Waals surface area contributed by atoms with E-state index in [4.69, 9.17) is 11.6 Å². The first-order valence-electron chi connectivity index (χ1n) is 6.51. The first kappa shape index (κ1) is 13.1. The zero-order valence-electron chi connectivity index (χ0n) is 11.4. The van der Waals surface area contributed by atoms with Crippen LogP contribution in [0.15, 0.2) is 42.7 Å². The Morgan fingerprint density at radius 1 is 1.30 bits per heavy atom. The minimum Gasteiger partial charge on any atom is -0.306 e. The van der Waals surface area contributed by atoms with Crippen LogP contribution in [0, 0.1) is 0 Å². The quantitative estimate of drug-likeness (QED) is 0.801. The van der Waals surface area contributed by atoms with Crippen molar-refractivity contribution in [2.24, 2.45) is 0 Å². The summed E-state index contributed by atoms with van der Waals surface area (Å²) in [6, 6.07) is 9.22. The second-order valence-corrected chi connectivity index (χ2v) is 6.11. The molecule has 1 amide bonds. The number of hydrogen-bond donors (Lipinski definition) is 0. The number of aromatic nitrogens is 1.